The van der Waals surface area contributed by atoms with E-state index in [0.717, 1.165) is 24.1 Å². The molecule has 0 saturated heterocycles. The van der Waals surface area contributed by atoms with E-state index in [-0.39, 0.29) is 11.9 Å². The lowest BCUT2D eigenvalue weighted by molar-refractivity contribution is -0.121. The van der Waals surface area contributed by atoms with Gasteiger partial charge in [0.15, 0.2) is 0 Å². The monoisotopic (exact) mass is 250 g/mol. The van der Waals surface area contributed by atoms with E-state index in [1.807, 2.05) is 31.2 Å². The van der Waals surface area contributed by atoms with Crippen LogP contribution in [0, 0.1) is 0 Å². The van der Waals surface area contributed by atoms with Crippen LogP contribution in [-0.4, -0.2) is 25.7 Å². The third kappa shape index (κ3) is 5.68. The fourth-order valence-electron chi connectivity index (χ4n) is 1.66. The number of rotatable bonds is 7. The van der Waals surface area contributed by atoms with Crippen LogP contribution in [-0.2, 0) is 16.0 Å². The van der Waals surface area contributed by atoms with E-state index in [2.05, 4.69) is 5.32 Å². The molecule has 18 heavy (non-hydrogen) atoms. The number of nitrogen functional groups attached to an aromatic ring is 1. The molecule has 1 atom stereocenters. The minimum atomic E-state index is 0.0791. The molecule has 0 aliphatic heterocycles. The molecule has 0 saturated carbocycles. The Morgan fingerprint density at radius 1 is 1.39 bits per heavy atom. The molecule has 1 unspecified atom stereocenters. The number of carbonyl (C=O) groups excluding carboxylic acids is 1. The summed E-state index contributed by atoms with van der Waals surface area (Å²) in [6.07, 6.45) is 2.08. The van der Waals surface area contributed by atoms with Crippen LogP contribution in [0.2, 0.25) is 0 Å². The molecule has 4 nitrogen and oxygen atoms in total. The lowest BCUT2D eigenvalue weighted by atomic mass is 10.1. The molecule has 0 aromatic heterocycles. The Kier molecular flexibility index (Phi) is 6.22. The summed E-state index contributed by atoms with van der Waals surface area (Å²) in [4.78, 5) is 11.7. The zero-order valence-electron chi connectivity index (χ0n) is 11.1. The lowest BCUT2D eigenvalue weighted by Crippen LogP contribution is -2.33. The van der Waals surface area contributed by atoms with Gasteiger partial charge in [0.25, 0.3) is 0 Å². The van der Waals surface area contributed by atoms with Crippen LogP contribution in [0.25, 0.3) is 0 Å². The van der Waals surface area contributed by atoms with Crippen molar-refractivity contribution in [2.45, 2.75) is 32.2 Å². The number of hydrogen-bond acceptors (Lipinski definition) is 3. The van der Waals surface area contributed by atoms with E-state index in [9.17, 15) is 4.79 Å². The summed E-state index contributed by atoms with van der Waals surface area (Å²) in [7, 11) is 1.66. The van der Waals surface area contributed by atoms with Crippen molar-refractivity contribution in [3.63, 3.8) is 0 Å². The van der Waals surface area contributed by atoms with Crippen LogP contribution in [0.4, 0.5) is 5.69 Å². The maximum absolute atomic E-state index is 11.7. The van der Waals surface area contributed by atoms with Gasteiger partial charge in [-0.3, -0.25) is 4.79 Å². The van der Waals surface area contributed by atoms with Gasteiger partial charge >= 0.3 is 0 Å². The normalized spacial score (nSPS) is 12.1. The highest BCUT2D eigenvalue weighted by molar-refractivity contribution is 5.76. The SMILES string of the molecule is COCCC(C)NC(=O)CCc1ccc(N)cc1. The summed E-state index contributed by atoms with van der Waals surface area (Å²) in [5.41, 5.74) is 7.48. The standard InChI is InChI=1S/C14H22N2O2/c1-11(9-10-18-2)16-14(17)8-5-12-3-6-13(15)7-4-12/h3-4,6-7,11H,5,8-10,15H2,1-2H3,(H,16,17). The smallest absolute Gasteiger partial charge is 0.220 e. The van der Waals surface area contributed by atoms with Crippen LogP contribution in [0.5, 0.6) is 0 Å². The Morgan fingerprint density at radius 3 is 2.67 bits per heavy atom. The molecule has 0 aliphatic rings. The molecule has 0 aliphatic carbocycles. The zero-order chi connectivity index (χ0) is 13.4. The molecule has 1 amide bonds. The largest absolute Gasteiger partial charge is 0.399 e. The number of aryl methyl sites for hydroxylation is 1. The second-order valence-electron chi connectivity index (χ2n) is 4.49. The third-order valence-corrected chi connectivity index (χ3v) is 2.78. The first kappa shape index (κ1) is 14.5. The van der Waals surface area contributed by atoms with E-state index < -0.39 is 0 Å². The van der Waals surface area contributed by atoms with Crippen molar-refractivity contribution < 1.29 is 9.53 Å². The molecular formula is C14H22N2O2. The van der Waals surface area contributed by atoms with Crippen molar-refractivity contribution in [3.8, 4) is 0 Å². The van der Waals surface area contributed by atoms with Crippen molar-refractivity contribution in [1.82, 2.24) is 5.32 Å². The molecule has 4 heteroatoms. The highest BCUT2D eigenvalue weighted by Gasteiger charge is 2.07. The summed E-state index contributed by atoms with van der Waals surface area (Å²) in [5.74, 6) is 0.0791. The molecule has 0 spiro atoms. The molecule has 0 heterocycles. The van der Waals surface area contributed by atoms with Crippen LogP contribution in [0.15, 0.2) is 24.3 Å². The van der Waals surface area contributed by atoms with E-state index in [1.54, 1.807) is 7.11 Å². The van der Waals surface area contributed by atoms with Crippen LogP contribution < -0.4 is 11.1 Å². The van der Waals surface area contributed by atoms with Crippen molar-refractivity contribution >= 4 is 11.6 Å². The molecule has 0 bridgehead atoms. The Labute approximate surface area is 109 Å². The number of anilines is 1. The number of nitrogens with one attached hydrogen (secondary N) is 1. The van der Waals surface area contributed by atoms with Crippen LogP contribution in [0.3, 0.4) is 0 Å². The fraction of sp³-hybridized carbons (Fsp3) is 0.500. The Hall–Kier alpha value is -1.55. The summed E-state index contributed by atoms with van der Waals surface area (Å²) < 4.78 is 4.97. The first-order valence-corrected chi connectivity index (χ1v) is 6.24. The van der Waals surface area contributed by atoms with Crippen molar-refractivity contribution in [2.75, 3.05) is 19.5 Å². The summed E-state index contributed by atoms with van der Waals surface area (Å²) in [6.45, 7) is 2.65. The predicted molar refractivity (Wildman–Crippen MR) is 73.3 cm³/mol. The van der Waals surface area contributed by atoms with Crippen molar-refractivity contribution in [2.24, 2.45) is 0 Å². The van der Waals surface area contributed by atoms with Gasteiger partial charge in [0.2, 0.25) is 5.91 Å². The number of carbonyl (C=O) groups is 1. The quantitative estimate of drug-likeness (QED) is 0.724. The summed E-state index contributed by atoms with van der Waals surface area (Å²) in [5, 5.41) is 2.95. The molecule has 1 rings (SSSR count). The number of nitrogens with two attached hydrogens (primary N) is 1. The number of ether oxygens (including phenoxy) is 1. The second kappa shape index (κ2) is 7.71. The molecule has 1 aromatic carbocycles. The van der Waals surface area contributed by atoms with Crippen LogP contribution in [0.1, 0.15) is 25.3 Å². The van der Waals surface area contributed by atoms with Gasteiger partial charge in [-0.25, -0.2) is 0 Å². The average molecular weight is 250 g/mol. The van der Waals surface area contributed by atoms with Gasteiger partial charge in [-0.15, -0.1) is 0 Å². The van der Waals surface area contributed by atoms with Crippen molar-refractivity contribution in [1.29, 1.82) is 0 Å². The highest BCUT2D eigenvalue weighted by atomic mass is 16.5. The molecule has 1 aromatic rings. The predicted octanol–water partition coefficient (Wildman–Crippen LogP) is 1.74. The Bertz CT molecular complexity index is 363. The second-order valence-corrected chi connectivity index (χ2v) is 4.49. The van der Waals surface area contributed by atoms with Crippen molar-refractivity contribution in [3.05, 3.63) is 29.8 Å². The molecule has 0 fully saturated rings. The fourth-order valence-corrected chi connectivity index (χ4v) is 1.66. The maximum Gasteiger partial charge on any atom is 0.220 e. The van der Waals surface area contributed by atoms with E-state index in [0.29, 0.717) is 13.0 Å². The average Bonchev–Trinajstić information content (AvgIpc) is 2.35. The van der Waals surface area contributed by atoms with Crippen LogP contribution >= 0.6 is 0 Å². The first-order valence-electron chi connectivity index (χ1n) is 6.24. The lowest BCUT2D eigenvalue weighted by Gasteiger charge is -2.13. The van der Waals surface area contributed by atoms with Gasteiger partial charge in [-0.05, 0) is 37.5 Å². The molecule has 3 N–H and O–H groups in total. The van der Waals surface area contributed by atoms with E-state index in [1.165, 1.54) is 0 Å². The van der Waals surface area contributed by atoms with Gasteiger partial charge in [-0.2, -0.15) is 0 Å². The number of benzene rings is 1. The Morgan fingerprint density at radius 2 is 2.06 bits per heavy atom. The van der Waals surface area contributed by atoms with Gasteiger partial charge < -0.3 is 15.8 Å². The third-order valence-electron chi connectivity index (χ3n) is 2.78. The first-order chi connectivity index (χ1) is 8.61. The van der Waals surface area contributed by atoms with E-state index in [4.69, 9.17) is 10.5 Å². The van der Waals surface area contributed by atoms with E-state index >= 15 is 0 Å². The van der Waals surface area contributed by atoms with Gasteiger partial charge in [0, 0.05) is 31.9 Å². The molecular weight excluding hydrogens is 228 g/mol. The minimum Gasteiger partial charge on any atom is -0.399 e. The zero-order valence-corrected chi connectivity index (χ0v) is 11.1. The van der Waals surface area contributed by atoms with Gasteiger partial charge in [-0.1, -0.05) is 12.1 Å². The number of hydrogen-bond donors (Lipinski definition) is 2. The Balaban J connectivity index is 2.26. The summed E-state index contributed by atoms with van der Waals surface area (Å²) in [6, 6.07) is 7.78. The number of amides is 1. The maximum atomic E-state index is 11.7. The topological polar surface area (TPSA) is 64.3 Å². The van der Waals surface area contributed by atoms with Gasteiger partial charge in [0.1, 0.15) is 0 Å². The highest BCUT2D eigenvalue weighted by Crippen LogP contribution is 2.07. The molecule has 0 radical (unpaired) electrons. The van der Waals surface area contributed by atoms with Gasteiger partial charge in [0.05, 0.1) is 0 Å². The summed E-state index contributed by atoms with van der Waals surface area (Å²) >= 11 is 0. The molecule has 100 valence electrons. The number of methoxy groups -OCH3 is 1. The minimum absolute atomic E-state index is 0.0791.